The largest absolute Gasteiger partial charge is 0.466 e. The summed E-state index contributed by atoms with van der Waals surface area (Å²) in [6.45, 7) is -0.0250. The molecular weight excluding hydrogens is 200 g/mol. The summed E-state index contributed by atoms with van der Waals surface area (Å²) in [6, 6.07) is 0. The Kier molecular flexibility index (Phi) is 4.30. The quantitative estimate of drug-likeness (QED) is 0.379. The summed E-state index contributed by atoms with van der Waals surface area (Å²) in [6.07, 6.45) is 3.72. The molecule has 0 aromatic rings. The number of methoxy groups -OCH3 is 2. The average Bonchev–Trinajstić information content (AvgIpc) is 3.02. The number of ether oxygens (including phenoxy) is 3. The maximum atomic E-state index is 11.2. The van der Waals surface area contributed by atoms with Crippen LogP contribution in [0.15, 0.2) is 12.2 Å². The number of carbonyl (C=O) groups excluding carboxylic acids is 2. The lowest BCUT2D eigenvalue weighted by atomic mass is 10.3. The molecule has 0 heterocycles. The normalized spacial score (nSPS) is 23.9. The topological polar surface area (TPSA) is 61.8 Å². The summed E-state index contributed by atoms with van der Waals surface area (Å²) < 4.78 is 13.8. The van der Waals surface area contributed by atoms with Crippen LogP contribution < -0.4 is 0 Å². The lowest BCUT2D eigenvalue weighted by Crippen LogP contribution is -2.09. The van der Waals surface area contributed by atoms with Crippen LogP contribution in [0.3, 0.4) is 0 Å². The van der Waals surface area contributed by atoms with Gasteiger partial charge in [-0.05, 0) is 12.3 Å². The summed E-state index contributed by atoms with van der Waals surface area (Å²) in [4.78, 5) is 22.0. The van der Waals surface area contributed by atoms with Gasteiger partial charge in [0.25, 0.3) is 0 Å². The monoisotopic (exact) mass is 214 g/mol. The third-order valence-corrected chi connectivity index (χ3v) is 2.14. The summed E-state index contributed by atoms with van der Waals surface area (Å²) >= 11 is 0. The molecule has 5 heteroatoms. The molecule has 0 bridgehead atoms. The highest BCUT2D eigenvalue weighted by Gasteiger charge is 2.42. The van der Waals surface area contributed by atoms with Crippen molar-refractivity contribution in [2.45, 2.75) is 6.42 Å². The van der Waals surface area contributed by atoms with Gasteiger partial charge in [-0.15, -0.1) is 0 Å². The van der Waals surface area contributed by atoms with Crippen LogP contribution >= 0.6 is 0 Å². The zero-order valence-electron chi connectivity index (χ0n) is 8.76. The highest BCUT2D eigenvalue weighted by atomic mass is 16.7. The van der Waals surface area contributed by atoms with Gasteiger partial charge < -0.3 is 14.2 Å². The number of hydrogen-bond acceptors (Lipinski definition) is 5. The molecule has 0 aliphatic heterocycles. The lowest BCUT2D eigenvalue weighted by Gasteiger charge is -2.00. The van der Waals surface area contributed by atoms with Crippen molar-refractivity contribution >= 4 is 11.9 Å². The van der Waals surface area contributed by atoms with E-state index < -0.39 is 5.97 Å². The van der Waals surface area contributed by atoms with Crippen LogP contribution in [-0.4, -0.2) is 33.0 Å². The average molecular weight is 214 g/mol. The van der Waals surface area contributed by atoms with Gasteiger partial charge in [0.05, 0.1) is 13.0 Å². The number of carbonyl (C=O) groups is 2. The standard InChI is InChI=1S/C10H14O5/c1-13-6-15-10(12)8-5-7(8)3-4-9(11)14-2/h3-4,7-8H,5-6H2,1-2H3/b4-3+. The minimum Gasteiger partial charge on any atom is -0.466 e. The second kappa shape index (κ2) is 5.50. The van der Waals surface area contributed by atoms with E-state index in [4.69, 9.17) is 4.74 Å². The maximum Gasteiger partial charge on any atom is 0.330 e. The minimum absolute atomic E-state index is 0.0250. The molecule has 15 heavy (non-hydrogen) atoms. The van der Waals surface area contributed by atoms with Gasteiger partial charge in [-0.25, -0.2) is 4.79 Å². The Morgan fingerprint density at radius 3 is 2.73 bits per heavy atom. The molecular formula is C10H14O5. The third kappa shape index (κ3) is 3.71. The fourth-order valence-corrected chi connectivity index (χ4v) is 1.19. The van der Waals surface area contributed by atoms with Crippen LogP contribution in [-0.2, 0) is 23.8 Å². The highest BCUT2D eigenvalue weighted by Crippen LogP contribution is 2.40. The molecule has 2 unspecified atom stereocenters. The Balaban J connectivity index is 2.25. The molecule has 1 aliphatic carbocycles. The highest BCUT2D eigenvalue weighted by molar-refractivity contribution is 5.82. The fraction of sp³-hybridized carbons (Fsp3) is 0.600. The lowest BCUT2D eigenvalue weighted by molar-refractivity contribution is -0.155. The molecule has 0 radical (unpaired) electrons. The molecule has 0 spiro atoms. The van der Waals surface area contributed by atoms with E-state index in [9.17, 15) is 9.59 Å². The first kappa shape index (κ1) is 11.7. The maximum absolute atomic E-state index is 11.2. The van der Waals surface area contributed by atoms with Crippen molar-refractivity contribution in [3.8, 4) is 0 Å². The van der Waals surface area contributed by atoms with Crippen molar-refractivity contribution < 1.29 is 23.8 Å². The molecule has 0 saturated heterocycles. The molecule has 0 aromatic carbocycles. The number of rotatable bonds is 5. The van der Waals surface area contributed by atoms with Crippen molar-refractivity contribution in [2.75, 3.05) is 21.0 Å². The molecule has 0 amide bonds. The van der Waals surface area contributed by atoms with Gasteiger partial charge >= 0.3 is 11.9 Å². The Morgan fingerprint density at radius 2 is 2.13 bits per heavy atom. The summed E-state index contributed by atoms with van der Waals surface area (Å²) in [5, 5.41) is 0. The van der Waals surface area contributed by atoms with Crippen molar-refractivity contribution in [3.05, 3.63) is 12.2 Å². The van der Waals surface area contributed by atoms with E-state index in [1.165, 1.54) is 20.3 Å². The van der Waals surface area contributed by atoms with Crippen LogP contribution in [0.4, 0.5) is 0 Å². The van der Waals surface area contributed by atoms with E-state index in [1.807, 2.05) is 0 Å². The van der Waals surface area contributed by atoms with Crippen LogP contribution in [0.5, 0.6) is 0 Å². The Bertz CT molecular complexity index is 271. The molecule has 1 rings (SSSR count). The van der Waals surface area contributed by atoms with E-state index in [0.29, 0.717) is 0 Å². The molecule has 5 nitrogen and oxygen atoms in total. The summed E-state index contributed by atoms with van der Waals surface area (Å²) in [5.74, 6) is -0.739. The predicted octanol–water partition coefficient (Wildman–Crippen LogP) is 0.499. The first-order valence-electron chi connectivity index (χ1n) is 4.60. The predicted molar refractivity (Wildman–Crippen MR) is 50.7 cm³/mol. The van der Waals surface area contributed by atoms with Gasteiger partial charge in [-0.3, -0.25) is 4.79 Å². The SMILES string of the molecule is COCOC(=O)C1CC1/C=C/C(=O)OC. The smallest absolute Gasteiger partial charge is 0.330 e. The Labute approximate surface area is 88.0 Å². The number of allylic oxidation sites excluding steroid dienone is 1. The van der Waals surface area contributed by atoms with Crippen molar-refractivity contribution in [2.24, 2.45) is 11.8 Å². The summed E-state index contributed by atoms with van der Waals surface area (Å²) in [5.41, 5.74) is 0. The third-order valence-electron chi connectivity index (χ3n) is 2.14. The van der Waals surface area contributed by atoms with E-state index in [0.717, 1.165) is 6.42 Å². The zero-order valence-corrected chi connectivity index (χ0v) is 8.76. The van der Waals surface area contributed by atoms with Gasteiger partial charge in [0.1, 0.15) is 0 Å². The van der Waals surface area contributed by atoms with Gasteiger partial charge in [0.2, 0.25) is 0 Å². The molecule has 1 saturated carbocycles. The number of esters is 2. The van der Waals surface area contributed by atoms with Crippen molar-refractivity contribution in [3.63, 3.8) is 0 Å². The van der Waals surface area contributed by atoms with E-state index in [-0.39, 0.29) is 24.6 Å². The second-order valence-corrected chi connectivity index (χ2v) is 3.26. The second-order valence-electron chi connectivity index (χ2n) is 3.26. The van der Waals surface area contributed by atoms with Crippen LogP contribution in [0.1, 0.15) is 6.42 Å². The Morgan fingerprint density at radius 1 is 1.40 bits per heavy atom. The molecule has 0 aromatic heterocycles. The molecule has 1 fully saturated rings. The molecule has 1 aliphatic rings. The zero-order chi connectivity index (χ0) is 11.3. The van der Waals surface area contributed by atoms with Crippen LogP contribution in [0.25, 0.3) is 0 Å². The van der Waals surface area contributed by atoms with Gasteiger partial charge in [-0.1, -0.05) is 6.08 Å². The van der Waals surface area contributed by atoms with Crippen LogP contribution in [0.2, 0.25) is 0 Å². The van der Waals surface area contributed by atoms with E-state index >= 15 is 0 Å². The fourth-order valence-electron chi connectivity index (χ4n) is 1.19. The minimum atomic E-state index is -0.411. The molecule has 84 valence electrons. The van der Waals surface area contributed by atoms with Gasteiger partial charge in [0.15, 0.2) is 6.79 Å². The Hall–Kier alpha value is -1.36. The van der Waals surface area contributed by atoms with Gasteiger partial charge in [-0.2, -0.15) is 0 Å². The number of hydrogen-bond donors (Lipinski definition) is 0. The first-order chi connectivity index (χ1) is 7.19. The van der Waals surface area contributed by atoms with Crippen molar-refractivity contribution in [1.29, 1.82) is 0 Å². The molecule has 0 N–H and O–H groups in total. The first-order valence-corrected chi connectivity index (χ1v) is 4.60. The molecule has 2 atom stereocenters. The van der Waals surface area contributed by atoms with E-state index in [1.54, 1.807) is 6.08 Å². The van der Waals surface area contributed by atoms with Crippen molar-refractivity contribution in [1.82, 2.24) is 0 Å². The van der Waals surface area contributed by atoms with Crippen LogP contribution in [0, 0.1) is 11.8 Å². The van der Waals surface area contributed by atoms with E-state index in [2.05, 4.69) is 9.47 Å². The van der Waals surface area contributed by atoms with Gasteiger partial charge in [0, 0.05) is 13.2 Å². The summed E-state index contributed by atoms with van der Waals surface area (Å²) in [7, 11) is 2.76.